The fourth-order valence-corrected chi connectivity index (χ4v) is 1.09. The van der Waals surface area contributed by atoms with E-state index in [9.17, 15) is 13.2 Å². The molecule has 1 rings (SSSR count). The van der Waals surface area contributed by atoms with Gasteiger partial charge in [0.05, 0.1) is 6.54 Å². The Labute approximate surface area is 90.2 Å². The Morgan fingerprint density at radius 1 is 1.62 bits per heavy atom. The monoisotopic (exact) mass is 235 g/mol. The molecular weight excluding hydrogens is 223 g/mol. The van der Waals surface area contributed by atoms with Gasteiger partial charge in [-0.1, -0.05) is 0 Å². The van der Waals surface area contributed by atoms with Crippen LogP contribution in [-0.4, -0.2) is 28.7 Å². The molecule has 0 aromatic carbocycles. The Bertz CT molecular complexity index is 368. The predicted molar refractivity (Wildman–Crippen MR) is 52.7 cm³/mol. The third kappa shape index (κ3) is 3.79. The Morgan fingerprint density at radius 2 is 2.31 bits per heavy atom. The molecule has 0 saturated carbocycles. The fraction of sp³-hybridized carbons (Fsp3) is 0.500. The Balaban J connectivity index is 2.64. The van der Waals surface area contributed by atoms with Crippen LogP contribution in [0.2, 0.25) is 0 Å². The van der Waals surface area contributed by atoms with Crippen molar-refractivity contribution >= 4 is 5.96 Å². The van der Waals surface area contributed by atoms with Crippen molar-refractivity contribution in [2.45, 2.75) is 19.3 Å². The first-order valence-electron chi connectivity index (χ1n) is 4.45. The maximum atomic E-state index is 12.1. The zero-order chi connectivity index (χ0) is 12.2. The molecule has 1 aromatic heterocycles. The lowest BCUT2D eigenvalue weighted by atomic mass is 10.5. The Hall–Kier alpha value is -1.73. The number of halogens is 3. The highest BCUT2D eigenvalue weighted by molar-refractivity contribution is 5.77. The van der Waals surface area contributed by atoms with Gasteiger partial charge in [0, 0.05) is 19.4 Å². The van der Waals surface area contributed by atoms with Gasteiger partial charge in [0.25, 0.3) is 0 Å². The van der Waals surface area contributed by atoms with Crippen molar-refractivity contribution in [3.63, 3.8) is 0 Å². The molecule has 0 saturated heterocycles. The number of hydrogen-bond donors (Lipinski definition) is 2. The van der Waals surface area contributed by atoms with Gasteiger partial charge < -0.3 is 15.6 Å². The van der Waals surface area contributed by atoms with Crippen LogP contribution in [0.1, 0.15) is 5.82 Å². The average molecular weight is 235 g/mol. The first-order chi connectivity index (χ1) is 7.42. The van der Waals surface area contributed by atoms with E-state index in [0.717, 1.165) is 4.57 Å². The van der Waals surface area contributed by atoms with E-state index in [0.29, 0.717) is 0 Å². The van der Waals surface area contributed by atoms with E-state index in [1.807, 2.05) is 0 Å². The molecule has 90 valence electrons. The minimum atomic E-state index is -4.26. The largest absolute Gasteiger partial charge is 0.406 e. The zero-order valence-corrected chi connectivity index (χ0v) is 8.62. The minimum absolute atomic E-state index is 0.103. The van der Waals surface area contributed by atoms with Crippen molar-refractivity contribution in [2.75, 3.05) is 7.05 Å². The number of imidazole rings is 1. The predicted octanol–water partition coefficient (Wildman–Crippen LogP) is 0.480. The summed E-state index contributed by atoms with van der Waals surface area (Å²) in [5, 5.41) is 2.64. The maximum Gasteiger partial charge on any atom is 0.406 e. The van der Waals surface area contributed by atoms with Gasteiger partial charge >= 0.3 is 6.18 Å². The number of aromatic nitrogens is 2. The second-order valence-corrected chi connectivity index (χ2v) is 3.05. The summed E-state index contributed by atoms with van der Waals surface area (Å²) in [6, 6.07) is 0. The first kappa shape index (κ1) is 12.3. The van der Waals surface area contributed by atoms with Crippen LogP contribution in [0, 0.1) is 0 Å². The number of nitrogens with zero attached hydrogens (tertiary/aromatic N) is 3. The molecule has 8 heteroatoms. The molecule has 0 spiro atoms. The maximum absolute atomic E-state index is 12.1. The molecule has 16 heavy (non-hydrogen) atoms. The highest BCUT2D eigenvalue weighted by atomic mass is 19.4. The first-order valence-corrected chi connectivity index (χ1v) is 4.45. The summed E-state index contributed by atoms with van der Waals surface area (Å²) in [7, 11) is 1.48. The van der Waals surface area contributed by atoms with E-state index < -0.39 is 12.7 Å². The van der Waals surface area contributed by atoms with Gasteiger partial charge in [0.2, 0.25) is 0 Å². The second kappa shape index (κ2) is 4.86. The molecule has 5 nitrogen and oxygen atoms in total. The van der Waals surface area contributed by atoms with Crippen molar-refractivity contribution in [2.24, 2.45) is 10.7 Å². The zero-order valence-electron chi connectivity index (χ0n) is 8.62. The molecule has 0 aliphatic carbocycles. The average Bonchev–Trinajstić information content (AvgIpc) is 2.59. The molecule has 1 heterocycles. The summed E-state index contributed by atoms with van der Waals surface area (Å²) >= 11 is 0. The van der Waals surface area contributed by atoms with Gasteiger partial charge in [0.1, 0.15) is 12.4 Å². The van der Waals surface area contributed by atoms with Gasteiger partial charge in [-0.3, -0.25) is 4.99 Å². The summed E-state index contributed by atoms with van der Waals surface area (Å²) < 4.78 is 37.4. The van der Waals surface area contributed by atoms with Gasteiger partial charge in [-0.2, -0.15) is 13.2 Å². The normalized spacial score (nSPS) is 12.9. The van der Waals surface area contributed by atoms with Crippen molar-refractivity contribution in [3.8, 4) is 0 Å². The van der Waals surface area contributed by atoms with E-state index in [-0.39, 0.29) is 18.3 Å². The molecule has 3 N–H and O–H groups in total. The second-order valence-electron chi connectivity index (χ2n) is 3.05. The van der Waals surface area contributed by atoms with Crippen LogP contribution in [-0.2, 0) is 13.1 Å². The lowest BCUT2D eigenvalue weighted by Crippen LogP contribution is -2.32. The van der Waals surface area contributed by atoms with Crippen molar-refractivity contribution in [1.82, 2.24) is 14.9 Å². The van der Waals surface area contributed by atoms with Gasteiger partial charge in [-0.25, -0.2) is 4.98 Å². The standard InChI is InChI=1S/C8H12F3N5/c1-13-7(12)15-4-6-14-2-3-16(6)5-8(9,10)11/h2-3H,4-5H2,1H3,(H3,12,13,15). The number of aliphatic imine (C=N–C) groups is 1. The Kier molecular flexibility index (Phi) is 3.75. The Morgan fingerprint density at radius 3 is 2.88 bits per heavy atom. The lowest BCUT2D eigenvalue weighted by molar-refractivity contribution is -0.141. The van der Waals surface area contributed by atoms with Crippen molar-refractivity contribution < 1.29 is 13.2 Å². The number of nitrogens with two attached hydrogens (primary N) is 1. The van der Waals surface area contributed by atoms with Crippen LogP contribution in [0.15, 0.2) is 17.4 Å². The third-order valence-corrected chi connectivity index (χ3v) is 1.82. The van der Waals surface area contributed by atoms with Gasteiger partial charge in [-0.15, -0.1) is 0 Å². The number of nitrogens with one attached hydrogen (secondary N) is 1. The smallest absolute Gasteiger partial charge is 0.370 e. The SMILES string of the molecule is CN=C(N)NCc1nccn1CC(F)(F)F. The summed E-state index contributed by atoms with van der Waals surface area (Å²) in [5.74, 6) is 0.408. The number of guanidine groups is 1. The molecule has 0 radical (unpaired) electrons. The highest BCUT2D eigenvalue weighted by Crippen LogP contribution is 2.18. The van der Waals surface area contributed by atoms with Crippen LogP contribution >= 0.6 is 0 Å². The van der Waals surface area contributed by atoms with Crippen LogP contribution in [0.4, 0.5) is 13.2 Å². The summed E-state index contributed by atoms with van der Waals surface area (Å²) in [5.41, 5.74) is 5.35. The van der Waals surface area contributed by atoms with Gasteiger partial charge in [0.15, 0.2) is 5.96 Å². The quantitative estimate of drug-likeness (QED) is 0.591. The van der Waals surface area contributed by atoms with E-state index in [2.05, 4.69) is 15.3 Å². The highest BCUT2D eigenvalue weighted by Gasteiger charge is 2.28. The third-order valence-electron chi connectivity index (χ3n) is 1.82. The van der Waals surface area contributed by atoms with E-state index in [4.69, 9.17) is 5.73 Å². The topological polar surface area (TPSA) is 68.2 Å². The van der Waals surface area contributed by atoms with E-state index >= 15 is 0 Å². The van der Waals surface area contributed by atoms with Crippen LogP contribution in [0.3, 0.4) is 0 Å². The number of rotatable bonds is 3. The van der Waals surface area contributed by atoms with E-state index in [1.165, 1.54) is 19.4 Å². The molecule has 0 aliphatic rings. The molecule has 0 amide bonds. The molecule has 1 aromatic rings. The number of hydrogen-bond acceptors (Lipinski definition) is 2. The minimum Gasteiger partial charge on any atom is -0.370 e. The van der Waals surface area contributed by atoms with Crippen molar-refractivity contribution in [1.29, 1.82) is 0 Å². The number of alkyl halides is 3. The molecule has 0 atom stereocenters. The van der Waals surface area contributed by atoms with Crippen LogP contribution in [0.5, 0.6) is 0 Å². The molecular formula is C8H12F3N5. The van der Waals surface area contributed by atoms with Crippen LogP contribution in [0.25, 0.3) is 0 Å². The van der Waals surface area contributed by atoms with Crippen molar-refractivity contribution in [3.05, 3.63) is 18.2 Å². The van der Waals surface area contributed by atoms with Crippen LogP contribution < -0.4 is 11.1 Å². The summed E-state index contributed by atoms with van der Waals surface area (Å²) in [4.78, 5) is 7.41. The molecule has 0 aliphatic heterocycles. The molecule has 0 unspecified atom stereocenters. The summed E-state index contributed by atoms with van der Waals surface area (Å²) in [6.07, 6.45) is -1.69. The van der Waals surface area contributed by atoms with Gasteiger partial charge in [-0.05, 0) is 0 Å². The summed E-state index contributed by atoms with van der Waals surface area (Å²) in [6.45, 7) is -0.959. The fourth-order valence-electron chi connectivity index (χ4n) is 1.09. The van der Waals surface area contributed by atoms with E-state index in [1.54, 1.807) is 0 Å². The molecule has 0 fully saturated rings. The lowest BCUT2D eigenvalue weighted by Gasteiger charge is -2.11. The molecule has 0 bridgehead atoms.